The fraction of sp³-hybridized carbons (Fsp3) is 0.368. The van der Waals surface area contributed by atoms with Gasteiger partial charge < -0.3 is 9.64 Å². The van der Waals surface area contributed by atoms with Crippen LogP contribution in [0.15, 0.2) is 42.5 Å². The average Bonchev–Trinajstić information content (AvgIpc) is 2.63. The summed E-state index contributed by atoms with van der Waals surface area (Å²) in [5.41, 5.74) is 0.886. The van der Waals surface area contributed by atoms with Gasteiger partial charge >= 0.3 is 0 Å². The van der Waals surface area contributed by atoms with Crippen molar-refractivity contribution in [3.63, 3.8) is 0 Å². The summed E-state index contributed by atoms with van der Waals surface area (Å²) in [6.07, 6.45) is 0. The van der Waals surface area contributed by atoms with E-state index in [1.54, 1.807) is 18.2 Å². The fourth-order valence-corrected chi connectivity index (χ4v) is 3.46. The number of halogens is 2. The SMILES string of the molecule is CN(C)CCOc1cccc(CNS(=O)(=O)N(C)Cc2c(F)cccc2Cl)c1. The van der Waals surface area contributed by atoms with E-state index in [2.05, 4.69) is 4.72 Å². The highest BCUT2D eigenvalue weighted by Gasteiger charge is 2.20. The van der Waals surface area contributed by atoms with Crippen molar-refractivity contribution in [1.29, 1.82) is 0 Å². The molecule has 0 aliphatic carbocycles. The Morgan fingerprint density at radius 3 is 2.54 bits per heavy atom. The lowest BCUT2D eigenvalue weighted by Gasteiger charge is -2.19. The predicted octanol–water partition coefficient (Wildman–Crippen LogP) is 2.89. The molecule has 9 heteroatoms. The van der Waals surface area contributed by atoms with E-state index in [9.17, 15) is 12.8 Å². The van der Waals surface area contributed by atoms with E-state index in [-0.39, 0.29) is 23.7 Å². The van der Waals surface area contributed by atoms with Crippen LogP contribution < -0.4 is 9.46 Å². The van der Waals surface area contributed by atoms with E-state index in [0.29, 0.717) is 12.4 Å². The van der Waals surface area contributed by atoms with E-state index < -0.39 is 16.0 Å². The number of rotatable bonds is 10. The Hall–Kier alpha value is -1.71. The Morgan fingerprint density at radius 1 is 1.14 bits per heavy atom. The van der Waals surface area contributed by atoms with Crippen LogP contribution >= 0.6 is 11.6 Å². The van der Waals surface area contributed by atoms with Crippen LogP contribution in [0, 0.1) is 5.82 Å². The minimum atomic E-state index is -3.82. The summed E-state index contributed by atoms with van der Waals surface area (Å²) < 4.78 is 48.0. The standard InChI is InChI=1S/C19H25ClFN3O3S/c1-23(2)10-11-27-16-7-4-6-15(12-16)13-22-28(25,26)24(3)14-17-18(20)8-5-9-19(17)21/h4-9,12,22H,10-11,13-14H2,1-3H3. The molecule has 0 bridgehead atoms. The number of hydrogen-bond acceptors (Lipinski definition) is 4. The van der Waals surface area contributed by atoms with Crippen LogP contribution in [-0.4, -0.2) is 51.9 Å². The molecule has 0 unspecified atom stereocenters. The molecule has 28 heavy (non-hydrogen) atoms. The van der Waals surface area contributed by atoms with Crippen molar-refractivity contribution < 1.29 is 17.5 Å². The zero-order chi connectivity index (χ0) is 20.7. The van der Waals surface area contributed by atoms with E-state index in [0.717, 1.165) is 16.4 Å². The molecule has 0 fully saturated rings. The Kier molecular flexibility index (Phi) is 8.21. The Morgan fingerprint density at radius 2 is 1.86 bits per heavy atom. The van der Waals surface area contributed by atoms with E-state index >= 15 is 0 Å². The maximum Gasteiger partial charge on any atom is 0.279 e. The van der Waals surface area contributed by atoms with Gasteiger partial charge in [0.05, 0.1) is 0 Å². The number of benzene rings is 2. The smallest absolute Gasteiger partial charge is 0.279 e. The lowest BCUT2D eigenvalue weighted by molar-refractivity contribution is 0.261. The van der Waals surface area contributed by atoms with Crippen molar-refractivity contribution in [3.8, 4) is 5.75 Å². The molecule has 2 aromatic rings. The van der Waals surface area contributed by atoms with Gasteiger partial charge in [-0.05, 0) is 43.9 Å². The summed E-state index contributed by atoms with van der Waals surface area (Å²) in [5.74, 6) is 0.127. The highest BCUT2D eigenvalue weighted by Crippen LogP contribution is 2.21. The molecule has 6 nitrogen and oxygen atoms in total. The minimum Gasteiger partial charge on any atom is -0.492 e. The highest BCUT2D eigenvalue weighted by atomic mass is 35.5. The van der Waals surface area contributed by atoms with Crippen LogP contribution in [0.3, 0.4) is 0 Å². The molecule has 0 saturated heterocycles. The zero-order valence-corrected chi connectivity index (χ0v) is 17.7. The van der Waals surface area contributed by atoms with Crippen LogP contribution in [0.5, 0.6) is 5.75 Å². The number of hydrogen-bond donors (Lipinski definition) is 1. The van der Waals surface area contributed by atoms with E-state index in [1.807, 2.05) is 25.1 Å². The first kappa shape index (κ1) is 22.6. The molecule has 2 aromatic carbocycles. The third-order valence-corrected chi connectivity index (χ3v) is 5.83. The molecule has 2 rings (SSSR count). The maximum absolute atomic E-state index is 13.9. The van der Waals surface area contributed by atoms with Gasteiger partial charge in [0.25, 0.3) is 10.2 Å². The summed E-state index contributed by atoms with van der Waals surface area (Å²) in [5, 5.41) is 0.185. The maximum atomic E-state index is 13.9. The van der Waals surface area contributed by atoms with Gasteiger partial charge in [-0.3, -0.25) is 0 Å². The zero-order valence-electron chi connectivity index (χ0n) is 16.2. The van der Waals surface area contributed by atoms with Gasteiger partial charge in [0.1, 0.15) is 18.2 Å². The summed E-state index contributed by atoms with van der Waals surface area (Å²) in [7, 11) is 1.46. The van der Waals surface area contributed by atoms with Crippen molar-refractivity contribution >= 4 is 21.8 Å². The van der Waals surface area contributed by atoms with Crippen LogP contribution in [0.1, 0.15) is 11.1 Å². The second-order valence-corrected chi connectivity index (χ2v) is 8.85. The third-order valence-electron chi connectivity index (χ3n) is 4.02. The van der Waals surface area contributed by atoms with Crippen LogP contribution in [0.2, 0.25) is 5.02 Å². The van der Waals surface area contributed by atoms with Crippen molar-refractivity contribution in [1.82, 2.24) is 13.9 Å². The first-order valence-corrected chi connectivity index (χ1v) is 10.5. The van der Waals surface area contributed by atoms with Gasteiger partial charge in [0.2, 0.25) is 0 Å². The van der Waals surface area contributed by atoms with Crippen LogP contribution in [0.4, 0.5) is 4.39 Å². The number of nitrogens with one attached hydrogen (secondary N) is 1. The number of ether oxygens (including phenoxy) is 1. The second kappa shape index (κ2) is 10.2. The molecule has 0 heterocycles. The predicted molar refractivity (Wildman–Crippen MR) is 109 cm³/mol. The van der Waals surface area contributed by atoms with E-state index in [4.69, 9.17) is 16.3 Å². The van der Waals surface area contributed by atoms with Crippen LogP contribution in [-0.2, 0) is 23.3 Å². The Bertz CT molecular complexity index is 873. The van der Waals surface area contributed by atoms with Crippen molar-refractivity contribution in [3.05, 3.63) is 64.4 Å². The normalized spacial score (nSPS) is 12.0. The number of nitrogens with zero attached hydrogens (tertiary/aromatic N) is 2. The fourth-order valence-electron chi connectivity index (χ4n) is 2.37. The molecule has 0 aliphatic rings. The molecule has 0 amide bonds. The van der Waals surface area contributed by atoms with Crippen molar-refractivity contribution in [2.45, 2.75) is 13.1 Å². The van der Waals surface area contributed by atoms with Crippen molar-refractivity contribution in [2.75, 3.05) is 34.3 Å². The van der Waals surface area contributed by atoms with Gasteiger partial charge in [-0.2, -0.15) is 17.4 Å². The average molecular weight is 430 g/mol. The first-order valence-electron chi connectivity index (χ1n) is 8.69. The minimum absolute atomic E-state index is 0.0859. The lowest BCUT2D eigenvalue weighted by Crippen LogP contribution is -2.37. The van der Waals surface area contributed by atoms with Gasteiger partial charge in [0.15, 0.2) is 0 Å². The molecule has 154 valence electrons. The largest absolute Gasteiger partial charge is 0.492 e. The molecule has 0 radical (unpaired) electrons. The monoisotopic (exact) mass is 429 g/mol. The highest BCUT2D eigenvalue weighted by molar-refractivity contribution is 7.87. The molecule has 1 N–H and O–H groups in total. The van der Waals surface area contributed by atoms with Gasteiger partial charge in [-0.1, -0.05) is 29.8 Å². The summed E-state index contributed by atoms with van der Waals surface area (Å²) in [4.78, 5) is 2.01. The molecule has 0 aliphatic heterocycles. The van der Waals surface area contributed by atoms with E-state index in [1.165, 1.54) is 25.2 Å². The summed E-state index contributed by atoms with van der Waals surface area (Å²) >= 11 is 5.98. The summed E-state index contributed by atoms with van der Waals surface area (Å²) in [6.45, 7) is 1.23. The quantitative estimate of drug-likeness (QED) is 0.630. The first-order chi connectivity index (χ1) is 13.2. The molecular formula is C19H25ClFN3O3S. The second-order valence-electron chi connectivity index (χ2n) is 6.58. The topological polar surface area (TPSA) is 61.9 Å². The van der Waals surface area contributed by atoms with Gasteiger partial charge in [0, 0.05) is 37.3 Å². The lowest BCUT2D eigenvalue weighted by atomic mass is 10.2. The third kappa shape index (κ3) is 6.72. The molecule has 0 saturated carbocycles. The molecular weight excluding hydrogens is 405 g/mol. The van der Waals surface area contributed by atoms with Gasteiger partial charge in [-0.15, -0.1) is 0 Å². The van der Waals surface area contributed by atoms with Crippen LogP contribution in [0.25, 0.3) is 0 Å². The molecule has 0 aromatic heterocycles. The van der Waals surface area contributed by atoms with Gasteiger partial charge in [-0.25, -0.2) is 4.39 Å². The Balaban J connectivity index is 1.97. The van der Waals surface area contributed by atoms with Crippen molar-refractivity contribution in [2.24, 2.45) is 0 Å². The molecule has 0 spiro atoms. The summed E-state index contributed by atoms with van der Waals surface area (Å²) in [6, 6.07) is 11.5. The number of likely N-dealkylation sites (N-methyl/N-ethyl adjacent to an activating group) is 1. The molecule has 0 atom stereocenters. The Labute approximate surface area is 171 Å².